The number of carbonyl (C=O) groups excluding carboxylic acids is 1. The van der Waals surface area contributed by atoms with E-state index in [-0.39, 0.29) is 11.9 Å². The maximum atomic E-state index is 12.4. The highest BCUT2D eigenvalue weighted by Crippen LogP contribution is 2.34. The number of hydrogen-bond acceptors (Lipinski definition) is 4. The largest absolute Gasteiger partial charge is 0.479 e. The van der Waals surface area contributed by atoms with Crippen molar-refractivity contribution in [2.24, 2.45) is 5.92 Å². The third-order valence-corrected chi connectivity index (χ3v) is 3.24. The van der Waals surface area contributed by atoms with Crippen LogP contribution in [0.3, 0.4) is 0 Å². The van der Waals surface area contributed by atoms with Gasteiger partial charge in [-0.3, -0.25) is 4.79 Å². The van der Waals surface area contributed by atoms with Crippen LogP contribution < -0.4 is 5.32 Å². The van der Waals surface area contributed by atoms with E-state index < -0.39 is 11.6 Å². The summed E-state index contributed by atoms with van der Waals surface area (Å²) in [6.07, 6.45) is 10.9. The molecule has 0 spiro atoms. The number of ether oxygens (including phenoxy) is 2. The lowest BCUT2D eigenvalue weighted by Gasteiger charge is -2.42. The van der Waals surface area contributed by atoms with Crippen molar-refractivity contribution in [1.82, 2.24) is 10.2 Å². The minimum absolute atomic E-state index is 0.0576. The Morgan fingerprint density at radius 2 is 2.32 bits per heavy atom. The molecule has 1 N–H and O–H groups in total. The second-order valence-electron chi connectivity index (χ2n) is 4.89. The fraction of sp³-hybridized carbons (Fsp3) is 0.500. The molecule has 19 heavy (non-hydrogen) atoms. The molecule has 0 aromatic rings. The predicted molar refractivity (Wildman–Crippen MR) is 71.7 cm³/mol. The number of allylic oxidation sites excluding steroid dienone is 2. The molecule has 2 unspecified atom stereocenters. The van der Waals surface area contributed by atoms with E-state index in [9.17, 15) is 4.79 Å². The fourth-order valence-electron chi connectivity index (χ4n) is 2.35. The van der Waals surface area contributed by atoms with Gasteiger partial charge in [0.15, 0.2) is 12.5 Å². The molecule has 2 atom stereocenters. The van der Waals surface area contributed by atoms with Crippen LogP contribution in [0.5, 0.6) is 0 Å². The minimum Gasteiger partial charge on any atom is -0.479 e. The van der Waals surface area contributed by atoms with E-state index in [2.05, 4.69) is 5.32 Å². The molecule has 2 aliphatic rings. The summed E-state index contributed by atoms with van der Waals surface area (Å²) >= 11 is 0. The molecule has 5 heteroatoms. The number of methoxy groups -OCH3 is 1. The Bertz CT molecular complexity index is 428. The van der Waals surface area contributed by atoms with Crippen LogP contribution in [-0.4, -0.2) is 36.4 Å². The average molecular weight is 264 g/mol. The molecule has 0 bridgehead atoms. The maximum absolute atomic E-state index is 12.4. The summed E-state index contributed by atoms with van der Waals surface area (Å²) in [4.78, 5) is 14.2. The van der Waals surface area contributed by atoms with Crippen LogP contribution >= 0.6 is 0 Å². The molecule has 0 saturated carbocycles. The molecule has 5 nitrogen and oxygen atoms in total. The molecular formula is C14H20N2O3. The normalized spacial score (nSPS) is 28.8. The summed E-state index contributed by atoms with van der Waals surface area (Å²) in [5, 5.41) is 2.93. The first-order chi connectivity index (χ1) is 9.10. The van der Waals surface area contributed by atoms with Gasteiger partial charge in [-0.1, -0.05) is 18.2 Å². The van der Waals surface area contributed by atoms with Crippen LogP contribution in [0.2, 0.25) is 0 Å². The standard InChI is InChI=1S/C14H20N2O3/c1-11(2)15-13(17)12-6-4-5-7-14(12,18-3)16-8-9-19-10-16/h4-9,11-12H,10H2,1-3H3,(H,15,17). The van der Waals surface area contributed by atoms with E-state index in [0.29, 0.717) is 6.73 Å². The van der Waals surface area contributed by atoms with Crippen LogP contribution in [-0.2, 0) is 14.3 Å². The quantitative estimate of drug-likeness (QED) is 0.833. The third-order valence-electron chi connectivity index (χ3n) is 3.24. The van der Waals surface area contributed by atoms with E-state index in [0.717, 1.165) is 0 Å². The lowest BCUT2D eigenvalue weighted by atomic mass is 9.88. The smallest absolute Gasteiger partial charge is 0.232 e. The van der Waals surface area contributed by atoms with Crippen molar-refractivity contribution in [1.29, 1.82) is 0 Å². The Morgan fingerprint density at radius 1 is 1.53 bits per heavy atom. The van der Waals surface area contributed by atoms with Gasteiger partial charge >= 0.3 is 0 Å². The molecule has 2 rings (SSSR count). The summed E-state index contributed by atoms with van der Waals surface area (Å²) in [5.74, 6) is -0.478. The van der Waals surface area contributed by atoms with Gasteiger partial charge in [-0.05, 0) is 19.9 Å². The lowest BCUT2D eigenvalue weighted by molar-refractivity contribution is -0.150. The van der Waals surface area contributed by atoms with Gasteiger partial charge in [-0.15, -0.1) is 0 Å². The summed E-state index contributed by atoms with van der Waals surface area (Å²) in [6, 6.07) is 0.0896. The van der Waals surface area contributed by atoms with Crippen molar-refractivity contribution in [3.8, 4) is 0 Å². The van der Waals surface area contributed by atoms with Crippen LogP contribution in [0.4, 0.5) is 0 Å². The van der Waals surface area contributed by atoms with Crippen molar-refractivity contribution in [3.05, 3.63) is 36.8 Å². The first kappa shape index (κ1) is 13.7. The summed E-state index contributed by atoms with van der Waals surface area (Å²) < 4.78 is 10.9. The van der Waals surface area contributed by atoms with Gasteiger partial charge in [-0.2, -0.15) is 0 Å². The Labute approximate surface area is 113 Å². The van der Waals surface area contributed by atoms with E-state index in [1.54, 1.807) is 19.6 Å². The number of rotatable bonds is 4. The van der Waals surface area contributed by atoms with Crippen LogP contribution in [0.1, 0.15) is 13.8 Å². The Kier molecular flexibility index (Phi) is 3.95. The molecule has 1 aliphatic heterocycles. The predicted octanol–water partition coefficient (Wildman–Crippen LogP) is 1.36. The molecule has 0 aromatic heterocycles. The van der Waals surface area contributed by atoms with Gasteiger partial charge in [-0.25, -0.2) is 0 Å². The van der Waals surface area contributed by atoms with Gasteiger partial charge in [0.05, 0.1) is 0 Å². The summed E-state index contributed by atoms with van der Waals surface area (Å²) in [6.45, 7) is 4.25. The zero-order valence-electron chi connectivity index (χ0n) is 11.5. The number of nitrogens with zero attached hydrogens (tertiary/aromatic N) is 1. The van der Waals surface area contributed by atoms with Crippen molar-refractivity contribution < 1.29 is 14.3 Å². The van der Waals surface area contributed by atoms with Crippen LogP contribution in [0.15, 0.2) is 36.8 Å². The minimum atomic E-state index is -0.833. The highest BCUT2D eigenvalue weighted by molar-refractivity contribution is 5.82. The Morgan fingerprint density at radius 3 is 2.89 bits per heavy atom. The summed E-state index contributed by atoms with van der Waals surface area (Å²) in [5.41, 5.74) is -0.833. The highest BCUT2D eigenvalue weighted by atomic mass is 16.5. The second-order valence-corrected chi connectivity index (χ2v) is 4.89. The van der Waals surface area contributed by atoms with E-state index >= 15 is 0 Å². The molecule has 0 aromatic carbocycles. The first-order valence-electron chi connectivity index (χ1n) is 6.36. The molecule has 0 radical (unpaired) electrons. The number of hydrogen-bond donors (Lipinski definition) is 1. The number of carbonyl (C=O) groups is 1. The van der Waals surface area contributed by atoms with E-state index in [1.807, 2.05) is 43.1 Å². The number of nitrogens with one attached hydrogen (secondary N) is 1. The Balaban J connectivity index is 2.28. The topological polar surface area (TPSA) is 50.8 Å². The first-order valence-corrected chi connectivity index (χ1v) is 6.36. The van der Waals surface area contributed by atoms with E-state index in [4.69, 9.17) is 9.47 Å². The summed E-state index contributed by atoms with van der Waals surface area (Å²) in [7, 11) is 1.60. The van der Waals surface area contributed by atoms with Crippen molar-refractivity contribution in [2.45, 2.75) is 25.6 Å². The average Bonchev–Trinajstić information content (AvgIpc) is 2.92. The Hall–Kier alpha value is -1.75. The lowest BCUT2D eigenvalue weighted by Crippen LogP contribution is -2.56. The molecule has 104 valence electrons. The van der Waals surface area contributed by atoms with Gasteiger partial charge in [0.2, 0.25) is 5.91 Å². The van der Waals surface area contributed by atoms with Gasteiger partial charge in [0.1, 0.15) is 12.2 Å². The molecule has 1 amide bonds. The van der Waals surface area contributed by atoms with E-state index in [1.165, 1.54) is 0 Å². The molecule has 1 heterocycles. The highest BCUT2D eigenvalue weighted by Gasteiger charge is 2.46. The molecular weight excluding hydrogens is 244 g/mol. The third kappa shape index (κ3) is 2.51. The van der Waals surface area contributed by atoms with Crippen molar-refractivity contribution in [3.63, 3.8) is 0 Å². The van der Waals surface area contributed by atoms with Crippen LogP contribution in [0, 0.1) is 5.92 Å². The molecule has 1 aliphatic carbocycles. The fourth-order valence-corrected chi connectivity index (χ4v) is 2.35. The van der Waals surface area contributed by atoms with Gasteiger partial charge in [0.25, 0.3) is 0 Å². The molecule has 0 saturated heterocycles. The van der Waals surface area contributed by atoms with Crippen molar-refractivity contribution in [2.75, 3.05) is 13.8 Å². The second kappa shape index (κ2) is 5.48. The van der Waals surface area contributed by atoms with Gasteiger partial charge in [0, 0.05) is 19.4 Å². The van der Waals surface area contributed by atoms with Crippen LogP contribution in [0.25, 0.3) is 0 Å². The zero-order valence-corrected chi connectivity index (χ0v) is 11.5. The monoisotopic (exact) mass is 264 g/mol. The SMILES string of the molecule is COC1(N2C=COC2)C=CC=CC1C(=O)NC(C)C. The maximum Gasteiger partial charge on any atom is 0.232 e. The number of amides is 1. The molecule has 0 fully saturated rings. The van der Waals surface area contributed by atoms with Crippen molar-refractivity contribution >= 4 is 5.91 Å². The van der Waals surface area contributed by atoms with Gasteiger partial charge < -0.3 is 19.7 Å². The zero-order chi connectivity index (χ0) is 13.9.